The smallest absolute Gasteiger partial charge is 0.280 e. The first kappa shape index (κ1) is 19.0. The number of benzene rings is 1. The van der Waals surface area contributed by atoms with Crippen molar-refractivity contribution in [1.82, 2.24) is 30.7 Å². The number of carbonyl (C=O) groups is 1. The van der Waals surface area contributed by atoms with E-state index in [-0.39, 0.29) is 22.5 Å². The van der Waals surface area contributed by atoms with E-state index in [2.05, 4.69) is 39.7 Å². The molecule has 0 bridgehead atoms. The Balaban J connectivity index is 1.81. The maximum absolute atomic E-state index is 12.7. The van der Waals surface area contributed by atoms with Gasteiger partial charge in [-0.05, 0) is 35.8 Å². The summed E-state index contributed by atoms with van der Waals surface area (Å²) in [5.41, 5.74) is 1.51. The Kier molecular flexibility index (Phi) is 6.18. The summed E-state index contributed by atoms with van der Waals surface area (Å²) in [5, 5.41) is 18.7. The molecule has 2 aromatic heterocycles. The van der Waals surface area contributed by atoms with Gasteiger partial charge in [0.2, 0.25) is 0 Å². The van der Waals surface area contributed by atoms with Crippen molar-refractivity contribution in [1.29, 1.82) is 0 Å². The third-order valence-corrected chi connectivity index (χ3v) is 4.48. The van der Waals surface area contributed by atoms with Gasteiger partial charge in [0.15, 0.2) is 5.15 Å². The molecular formula is C18H21ClN6O2. The van der Waals surface area contributed by atoms with Gasteiger partial charge < -0.3 is 10.2 Å². The topological polar surface area (TPSA) is 94.8 Å². The van der Waals surface area contributed by atoms with Gasteiger partial charge in [-0.25, -0.2) is 0 Å². The molecule has 3 aromatic rings. The molecule has 0 spiro atoms. The number of amides is 1. The molecule has 0 fully saturated rings. The van der Waals surface area contributed by atoms with E-state index in [1.807, 2.05) is 18.2 Å². The van der Waals surface area contributed by atoms with Gasteiger partial charge in [-0.1, -0.05) is 55.3 Å². The minimum atomic E-state index is -0.319. The number of rotatable bonds is 8. The quantitative estimate of drug-likeness (QED) is 0.636. The van der Waals surface area contributed by atoms with Crippen LogP contribution in [0.2, 0.25) is 5.15 Å². The van der Waals surface area contributed by atoms with Crippen LogP contribution in [-0.4, -0.2) is 37.8 Å². The normalized spacial score (nSPS) is 12.1. The third kappa shape index (κ3) is 4.51. The van der Waals surface area contributed by atoms with Crippen molar-refractivity contribution in [3.05, 3.63) is 41.0 Å². The molecule has 0 aliphatic carbocycles. The monoisotopic (exact) mass is 388 g/mol. The number of carbonyl (C=O) groups excluding carboxylic acids is 1. The Morgan fingerprint density at radius 1 is 1.26 bits per heavy atom. The number of aromatic nitrogens is 5. The molecular weight excluding hydrogens is 368 g/mol. The molecule has 142 valence electrons. The highest BCUT2D eigenvalue weighted by Crippen LogP contribution is 2.20. The van der Waals surface area contributed by atoms with Crippen LogP contribution in [0.1, 0.15) is 43.5 Å². The molecule has 9 heteroatoms. The summed E-state index contributed by atoms with van der Waals surface area (Å²) in [7, 11) is 0. The molecule has 2 heterocycles. The maximum atomic E-state index is 12.7. The number of hydrogen-bond acceptors (Lipinski definition) is 6. The highest BCUT2D eigenvalue weighted by molar-refractivity contribution is 6.29. The van der Waals surface area contributed by atoms with Crippen LogP contribution in [0.15, 0.2) is 30.3 Å². The fourth-order valence-corrected chi connectivity index (χ4v) is 2.92. The van der Waals surface area contributed by atoms with E-state index < -0.39 is 0 Å². The fourth-order valence-electron chi connectivity index (χ4n) is 2.77. The van der Waals surface area contributed by atoms with Gasteiger partial charge in [0.1, 0.15) is 16.6 Å². The summed E-state index contributed by atoms with van der Waals surface area (Å²) in [6, 6.07) is 8.73. The molecule has 0 aliphatic heterocycles. The molecule has 1 N–H and O–H groups in total. The van der Waals surface area contributed by atoms with Crippen molar-refractivity contribution in [2.45, 2.75) is 33.1 Å². The summed E-state index contributed by atoms with van der Waals surface area (Å²) < 4.78 is 0. The number of para-hydroxylation sites is 1. The molecule has 1 amide bonds. The lowest BCUT2D eigenvalue weighted by molar-refractivity contribution is 0.0932. The van der Waals surface area contributed by atoms with Crippen molar-refractivity contribution in [3.8, 4) is 5.88 Å². The van der Waals surface area contributed by atoms with Crippen LogP contribution in [0.4, 0.5) is 0 Å². The second kappa shape index (κ2) is 8.77. The first-order valence-electron chi connectivity index (χ1n) is 8.92. The Bertz CT molecular complexity index is 929. The molecule has 0 aliphatic rings. The Hall–Kier alpha value is -2.74. The standard InChI is InChI=1S/C18H21ClN6O2/c1-3-7-12(4-2)11-20-17(26)13-10-16(19)22-23-18(13)27-25-15-9-6-5-8-14(15)21-24-25/h5-6,8-10,12H,3-4,7,11H2,1-2H3,(H,20,26). The molecule has 0 saturated carbocycles. The van der Waals surface area contributed by atoms with Crippen LogP contribution in [0.25, 0.3) is 11.0 Å². The average Bonchev–Trinajstić information content (AvgIpc) is 3.09. The zero-order valence-corrected chi connectivity index (χ0v) is 16.0. The molecule has 0 saturated heterocycles. The predicted molar refractivity (Wildman–Crippen MR) is 102 cm³/mol. The molecule has 1 unspecified atom stereocenters. The van der Waals surface area contributed by atoms with Gasteiger partial charge in [0.25, 0.3) is 11.8 Å². The molecule has 27 heavy (non-hydrogen) atoms. The van der Waals surface area contributed by atoms with Gasteiger partial charge >= 0.3 is 0 Å². The maximum Gasteiger partial charge on any atom is 0.280 e. The average molecular weight is 389 g/mol. The molecule has 1 atom stereocenters. The molecule has 1 aromatic carbocycles. The van der Waals surface area contributed by atoms with E-state index in [0.717, 1.165) is 19.3 Å². The summed E-state index contributed by atoms with van der Waals surface area (Å²) in [6.45, 7) is 4.82. The van der Waals surface area contributed by atoms with Crippen LogP contribution in [-0.2, 0) is 0 Å². The Labute approximate surface area is 161 Å². The summed E-state index contributed by atoms with van der Waals surface area (Å²) in [6.07, 6.45) is 3.13. The van der Waals surface area contributed by atoms with Crippen molar-refractivity contribution < 1.29 is 9.63 Å². The van der Waals surface area contributed by atoms with Crippen molar-refractivity contribution in [2.75, 3.05) is 6.54 Å². The largest absolute Gasteiger partial charge is 0.352 e. The van der Waals surface area contributed by atoms with Gasteiger partial charge in [0.05, 0.1) is 0 Å². The fraction of sp³-hybridized carbons (Fsp3) is 0.389. The number of hydrogen-bond donors (Lipinski definition) is 1. The van der Waals surface area contributed by atoms with Crippen LogP contribution >= 0.6 is 11.6 Å². The van der Waals surface area contributed by atoms with Crippen molar-refractivity contribution in [2.24, 2.45) is 5.92 Å². The molecule has 3 rings (SSSR count). The van der Waals surface area contributed by atoms with E-state index in [9.17, 15) is 4.79 Å². The van der Waals surface area contributed by atoms with Crippen LogP contribution < -0.4 is 10.2 Å². The zero-order chi connectivity index (χ0) is 19.2. The summed E-state index contributed by atoms with van der Waals surface area (Å²) >= 11 is 5.93. The lowest BCUT2D eigenvalue weighted by atomic mass is 10.0. The van der Waals surface area contributed by atoms with E-state index >= 15 is 0 Å². The lowest BCUT2D eigenvalue weighted by Gasteiger charge is -2.15. The Morgan fingerprint density at radius 2 is 2.07 bits per heavy atom. The number of halogens is 1. The van der Waals surface area contributed by atoms with E-state index in [0.29, 0.717) is 23.5 Å². The van der Waals surface area contributed by atoms with E-state index in [1.165, 1.54) is 10.9 Å². The minimum Gasteiger partial charge on any atom is -0.352 e. The molecule has 8 nitrogen and oxygen atoms in total. The second-order valence-corrected chi connectivity index (χ2v) is 6.59. The van der Waals surface area contributed by atoms with E-state index in [1.54, 1.807) is 6.07 Å². The second-order valence-electron chi connectivity index (χ2n) is 6.20. The Morgan fingerprint density at radius 3 is 2.85 bits per heavy atom. The first-order valence-corrected chi connectivity index (χ1v) is 9.30. The summed E-state index contributed by atoms with van der Waals surface area (Å²) in [5.74, 6) is 0.115. The van der Waals surface area contributed by atoms with Crippen molar-refractivity contribution >= 4 is 28.5 Å². The van der Waals surface area contributed by atoms with Crippen molar-refractivity contribution in [3.63, 3.8) is 0 Å². The van der Waals surface area contributed by atoms with Crippen LogP contribution in [0.3, 0.4) is 0 Å². The number of nitrogens with one attached hydrogen (secondary N) is 1. The third-order valence-electron chi connectivity index (χ3n) is 4.29. The van der Waals surface area contributed by atoms with Gasteiger partial charge in [-0.15, -0.1) is 15.3 Å². The minimum absolute atomic E-state index is 0.0103. The van der Waals surface area contributed by atoms with Crippen LogP contribution in [0, 0.1) is 5.92 Å². The SMILES string of the molecule is CCCC(CC)CNC(=O)c1cc(Cl)nnc1On1nnc2ccccc21. The van der Waals surface area contributed by atoms with Gasteiger partial charge in [-0.2, -0.15) is 0 Å². The van der Waals surface area contributed by atoms with E-state index in [4.69, 9.17) is 16.4 Å². The number of nitrogens with zero attached hydrogens (tertiary/aromatic N) is 5. The highest BCUT2D eigenvalue weighted by atomic mass is 35.5. The number of fused-ring (bicyclic) bond motifs is 1. The highest BCUT2D eigenvalue weighted by Gasteiger charge is 2.19. The molecule has 0 radical (unpaired) electrons. The van der Waals surface area contributed by atoms with Gasteiger partial charge in [-0.3, -0.25) is 4.79 Å². The van der Waals surface area contributed by atoms with Crippen LogP contribution in [0.5, 0.6) is 5.88 Å². The predicted octanol–water partition coefficient (Wildman–Crippen LogP) is 3.27. The van der Waals surface area contributed by atoms with Gasteiger partial charge in [0, 0.05) is 6.54 Å². The zero-order valence-electron chi connectivity index (χ0n) is 15.2. The summed E-state index contributed by atoms with van der Waals surface area (Å²) in [4.78, 5) is 19.5. The lowest BCUT2D eigenvalue weighted by Crippen LogP contribution is -2.30. The first-order chi connectivity index (χ1) is 13.1.